The number of benzene rings is 1. The second-order valence-corrected chi connectivity index (χ2v) is 12.7. The van der Waals surface area contributed by atoms with Crippen molar-refractivity contribution in [3.05, 3.63) is 33.7 Å². The van der Waals surface area contributed by atoms with E-state index >= 15 is 4.39 Å². The van der Waals surface area contributed by atoms with E-state index in [1.54, 1.807) is 4.90 Å². The first kappa shape index (κ1) is 26.8. The summed E-state index contributed by atoms with van der Waals surface area (Å²) in [6.07, 6.45) is 1.37. The lowest BCUT2D eigenvalue weighted by Gasteiger charge is -2.39. The molecule has 6 heterocycles. The van der Waals surface area contributed by atoms with Crippen LogP contribution in [0.2, 0.25) is 0 Å². The third-order valence-corrected chi connectivity index (χ3v) is 10.6. The van der Waals surface area contributed by atoms with Crippen LogP contribution in [0, 0.1) is 18.7 Å². The van der Waals surface area contributed by atoms with Crippen molar-refractivity contribution in [3.8, 4) is 5.88 Å². The first-order valence-electron chi connectivity index (χ1n) is 14.2. The van der Waals surface area contributed by atoms with E-state index in [4.69, 9.17) is 14.5 Å². The molecule has 1 saturated carbocycles. The van der Waals surface area contributed by atoms with E-state index in [1.807, 2.05) is 26.0 Å². The molecule has 2 aromatic heterocycles. The van der Waals surface area contributed by atoms with Gasteiger partial charge >= 0.3 is 12.2 Å². The third-order valence-electron chi connectivity index (χ3n) is 9.59. The third kappa shape index (κ3) is 4.08. The fourth-order valence-corrected chi connectivity index (χ4v) is 7.81. The minimum atomic E-state index is -0.933. The summed E-state index contributed by atoms with van der Waals surface area (Å²) in [5, 5.41) is 11.3. The number of hydrogen-bond acceptors (Lipinski definition) is 6. The highest BCUT2D eigenvalue weighted by Gasteiger charge is 2.55. The number of likely N-dealkylation sites (tertiary alicyclic amines) is 1. The first-order chi connectivity index (χ1) is 19.6. The van der Waals surface area contributed by atoms with E-state index in [-0.39, 0.29) is 48.3 Å². The van der Waals surface area contributed by atoms with E-state index in [9.17, 15) is 14.7 Å². The Morgan fingerprint density at radius 1 is 1.32 bits per heavy atom. The normalized spacial score (nSPS) is 26.7. The van der Waals surface area contributed by atoms with E-state index in [0.29, 0.717) is 35.4 Å². The number of aromatic nitrogens is 2. The van der Waals surface area contributed by atoms with Crippen molar-refractivity contribution in [3.63, 3.8) is 0 Å². The summed E-state index contributed by atoms with van der Waals surface area (Å²) in [6.45, 7) is 6.39. The molecule has 1 aromatic carbocycles. The molecule has 4 aliphatic heterocycles. The summed E-state index contributed by atoms with van der Waals surface area (Å²) >= 11 is 3.40. The number of rotatable bonds is 6. The number of cyclic esters (lactones) is 1. The molecule has 10 nitrogen and oxygen atoms in total. The summed E-state index contributed by atoms with van der Waals surface area (Å²) in [5.41, 5.74) is 2.52. The zero-order valence-electron chi connectivity index (χ0n) is 23.3. The maximum absolute atomic E-state index is 15.9. The highest BCUT2D eigenvalue weighted by molar-refractivity contribution is 9.10. The lowest BCUT2D eigenvalue weighted by atomic mass is 9.79. The Morgan fingerprint density at radius 3 is 2.78 bits per heavy atom. The fourth-order valence-electron chi connectivity index (χ4n) is 7.50. The van der Waals surface area contributed by atoms with Crippen LogP contribution in [0.15, 0.2) is 16.6 Å². The molecule has 8 rings (SSSR count). The Balaban J connectivity index is 1.46. The van der Waals surface area contributed by atoms with Crippen LogP contribution >= 0.6 is 15.9 Å². The largest absolute Gasteiger partial charge is 0.472 e. The predicted molar refractivity (Wildman–Crippen MR) is 153 cm³/mol. The second-order valence-electron chi connectivity index (χ2n) is 11.9. The molecule has 0 unspecified atom stereocenters. The van der Waals surface area contributed by atoms with Crippen LogP contribution in [0.3, 0.4) is 0 Å². The Bertz CT molecular complexity index is 1600. The number of aryl methyl sites for hydroxylation is 1. The molecular formula is C29H33BrFN5O5. The number of fused-ring (bicyclic) bond motifs is 4. The van der Waals surface area contributed by atoms with Crippen LogP contribution in [0.25, 0.3) is 21.8 Å². The van der Waals surface area contributed by atoms with Gasteiger partial charge in [0, 0.05) is 29.6 Å². The van der Waals surface area contributed by atoms with Crippen LogP contribution < -0.4 is 4.74 Å². The van der Waals surface area contributed by atoms with Crippen LogP contribution in [0.4, 0.5) is 14.0 Å². The molecule has 2 bridgehead atoms. The van der Waals surface area contributed by atoms with Crippen molar-refractivity contribution in [2.75, 3.05) is 33.3 Å². The molecule has 2 amide bonds. The molecule has 0 spiro atoms. The molecule has 1 aliphatic carbocycles. The number of amides is 2. The van der Waals surface area contributed by atoms with Gasteiger partial charge in [-0.3, -0.25) is 9.80 Å². The van der Waals surface area contributed by atoms with E-state index < -0.39 is 11.9 Å². The SMILES string of the molecule is Cc1cc2c(nc(O[C@@H](C)[C@@H]3CCCN3C)c3cc(CN4CCOC4=O)n([C@H]4[C@@H]5C[C@H]4N(C(=O)O)C5)c32)c(F)c1Br. The molecule has 5 atom stereocenters. The van der Waals surface area contributed by atoms with Gasteiger partial charge in [-0.2, -0.15) is 0 Å². The minimum Gasteiger partial charge on any atom is -0.472 e. The summed E-state index contributed by atoms with van der Waals surface area (Å²) in [5.74, 6) is 0.00952. The Kier molecular flexibility index (Phi) is 6.35. The Morgan fingerprint density at radius 2 is 2.12 bits per heavy atom. The minimum absolute atomic E-state index is 0.121. The smallest absolute Gasteiger partial charge is 0.410 e. The number of pyridine rings is 1. The number of nitrogens with zero attached hydrogens (tertiary/aromatic N) is 5. The van der Waals surface area contributed by atoms with Crippen molar-refractivity contribution in [2.24, 2.45) is 5.92 Å². The number of carboxylic acid groups (broad SMARTS) is 1. The quantitative estimate of drug-likeness (QED) is 0.403. The highest BCUT2D eigenvalue weighted by atomic mass is 79.9. The number of carbonyl (C=O) groups excluding carboxylic acids is 1. The standard InChI is InChI=1S/C29H33BrFN5O5/c1-14-9-18-24(23(31)22(14)30)32-27(41-15(2)20-5-4-6-33(20)3)19-11-17(13-34-7-8-40-29(34)39)36(26(18)19)25-16-10-21(25)35(12-16)28(37)38/h9,11,15-16,20-21,25H,4-8,10,12-13H2,1-3H3,(H,37,38)/t15-,16+,20-,21+,25-/m0/s1. The molecule has 0 radical (unpaired) electrons. The summed E-state index contributed by atoms with van der Waals surface area (Å²) in [6, 6.07) is 3.80. The maximum atomic E-state index is 15.9. The van der Waals surface area contributed by atoms with E-state index in [0.717, 1.165) is 48.0 Å². The van der Waals surface area contributed by atoms with Crippen LogP contribution in [-0.2, 0) is 11.3 Å². The van der Waals surface area contributed by atoms with Gasteiger partial charge in [0.2, 0.25) is 5.88 Å². The average molecular weight is 631 g/mol. The molecule has 5 fully saturated rings. The van der Waals surface area contributed by atoms with Gasteiger partial charge in [0.1, 0.15) is 18.2 Å². The van der Waals surface area contributed by atoms with Gasteiger partial charge in [0.15, 0.2) is 5.82 Å². The summed E-state index contributed by atoms with van der Waals surface area (Å²) < 4.78 is 30.2. The molecule has 5 aliphatic rings. The van der Waals surface area contributed by atoms with Gasteiger partial charge in [-0.15, -0.1) is 0 Å². The number of likely N-dealkylation sites (N-methyl/N-ethyl adjacent to an activating group) is 1. The number of carbonyl (C=O) groups is 2. The monoisotopic (exact) mass is 629 g/mol. The zero-order valence-corrected chi connectivity index (χ0v) is 24.9. The van der Waals surface area contributed by atoms with Crippen molar-refractivity contribution in [1.82, 2.24) is 24.3 Å². The summed E-state index contributed by atoms with van der Waals surface area (Å²) in [7, 11) is 2.09. The maximum Gasteiger partial charge on any atom is 0.410 e. The van der Waals surface area contributed by atoms with Gasteiger partial charge in [0.25, 0.3) is 0 Å². The van der Waals surface area contributed by atoms with Crippen molar-refractivity contribution in [2.45, 2.75) is 63.9 Å². The van der Waals surface area contributed by atoms with Gasteiger partial charge in [0.05, 0.1) is 40.5 Å². The molecule has 4 saturated heterocycles. The lowest BCUT2D eigenvalue weighted by molar-refractivity contribution is 0.118. The molecular weight excluding hydrogens is 597 g/mol. The van der Waals surface area contributed by atoms with Crippen LogP contribution in [0.5, 0.6) is 5.88 Å². The molecule has 1 N–H and O–H groups in total. The molecule has 218 valence electrons. The Labute approximate surface area is 245 Å². The molecule has 3 aromatic rings. The molecule has 12 heteroatoms. The Hall–Kier alpha value is -3.12. The number of halogens is 2. The van der Waals surface area contributed by atoms with E-state index in [1.165, 1.54) is 4.90 Å². The topological polar surface area (TPSA) is 100 Å². The first-order valence-corrected chi connectivity index (χ1v) is 15.0. The molecule has 41 heavy (non-hydrogen) atoms. The predicted octanol–water partition coefficient (Wildman–Crippen LogP) is 5.14. The van der Waals surface area contributed by atoms with Gasteiger partial charge in [-0.1, -0.05) is 0 Å². The number of ether oxygens (including phenoxy) is 2. The highest BCUT2D eigenvalue weighted by Crippen LogP contribution is 2.52. The zero-order chi connectivity index (χ0) is 28.7. The lowest BCUT2D eigenvalue weighted by Crippen LogP contribution is -2.43. The van der Waals surface area contributed by atoms with Gasteiger partial charge in [-0.05, 0) is 80.3 Å². The van der Waals surface area contributed by atoms with Gasteiger partial charge < -0.3 is 24.0 Å². The van der Waals surface area contributed by atoms with Crippen molar-refractivity contribution < 1.29 is 28.6 Å². The van der Waals surface area contributed by atoms with Crippen LogP contribution in [-0.4, -0.2) is 93.0 Å². The summed E-state index contributed by atoms with van der Waals surface area (Å²) in [4.78, 5) is 34.7. The van der Waals surface area contributed by atoms with Crippen molar-refractivity contribution >= 4 is 49.9 Å². The fraction of sp³-hybridized carbons (Fsp3) is 0.552. The number of hydrogen-bond donors (Lipinski definition) is 1. The second kappa shape index (κ2) is 9.72. The average Bonchev–Trinajstić information content (AvgIpc) is 3.74. The van der Waals surface area contributed by atoms with Gasteiger partial charge in [-0.25, -0.2) is 19.0 Å². The van der Waals surface area contributed by atoms with Crippen molar-refractivity contribution in [1.29, 1.82) is 0 Å². The van der Waals surface area contributed by atoms with Crippen LogP contribution in [0.1, 0.15) is 43.5 Å². The van der Waals surface area contributed by atoms with E-state index in [2.05, 4.69) is 32.4 Å².